The second kappa shape index (κ2) is 7.48. The summed E-state index contributed by atoms with van der Waals surface area (Å²) in [5, 5.41) is 1.76. The lowest BCUT2D eigenvalue weighted by Gasteiger charge is -2.30. The summed E-state index contributed by atoms with van der Waals surface area (Å²) in [5.74, 6) is 0.0207. The number of hydrogen-bond acceptors (Lipinski definition) is 4. The van der Waals surface area contributed by atoms with Gasteiger partial charge in [-0.1, -0.05) is 31.0 Å². The van der Waals surface area contributed by atoms with E-state index >= 15 is 0 Å². The molecule has 0 saturated carbocycles. The van der Waals surface area contributed by atoms with Crippen molar-refractivity contribution in [2.75, 3.05) is 30.0 Å². The molecule has 0 N–H and O–H groups in total. The zero-order chi connectivity index (χ0) is 20.7. The fourth-order valence-electron chi connectivity index (χ4n) is 4.65. The second-order valence-corrected chi connectivity index (χ2v) is 7.91. The Labute approximate surface area is 175 Å². The molecule has 30 heavy (non-hydrogen) atoms. The standard InChI is InChI=1S/C25H24N2O3/c1-30-18-9-6-8-17(16-18)27-24(28)20-11-7-10-19-22(26-14-4-2-3-5-15-26)13-12-21(23(19)20)25(27)29/h6-13,16H,2-5,14-15H2,1H3. The molecule has 2 aliphatic heterocycles. The third-order valence-corrected chi connectivity index (χ3v) is 6.14. The van der Waals surface area contributed by atoms with Crippen LogP contribution >= 0.6 is 0 Å². The minimum absolute atomic E-state index is 0.292. The summed E-state index contributed by atoms with van der Waals surface area (Å²) in [6.45, 7) is 2.02. The van der Waals surface area contributed by atoms with Gasteiger partial charge in [0.05, 0.1) is 12.8 Å². The smallest absolute Gasteiger partial charge is 0.265 e. The van der Waals surface area contributed by atoms with E-state index in [4.69, 9.17) is 4.74 Å². The van der Waals surface area contributed by atoms with Crippen LogP contribution in [0, 0.1) is 0 Å². The van der Waals surface area contributed by atoms with Crippen LogP contribution < -0.4 is 14.5 Å². The maximum Gasteiger partial charge on any atom is 0.265 e. The van der Waals surface area contributed by atoms with Crippen molar-refractivity contribution in [3.63, 3.8) is 0 Å². The summed E-state index contributed by atoms with van der Waals surface area (Å²) in [5.41, 5.74) is 2.78. The average molecular weight is 400 g/mol. The SMILES string of the molecule is COc1cccc(N2C(=O)c3cccc4c(N5CCCCCC5)ccc(c34)C2=O)c1. The molecule has 0 spiro atoms. The molecular formula is C25H24N2O3. The Morgan fingerprint density at radius 2 is 1.50 bits per heavy atom. The molecule has 0 radical (unpaired) electrons. The van der Waals surface area contributed by atoms with Gasteiger partial charge in [-0.15, -0.1) is 0 Å². The lowest BCUT2D eigenvalue weighted by molar-refractivity contribution is 0.0893. The molecule has 0 unspecified atom stereocenters. The van der Waals surface area contributed by atoms with Crippen LogP contribution in [0.1, 0.15) is 46.4 Å². The van der Waals surface area contributed by atoms with Gasteiger partial charge in [0, 0.05) is 46.7 Å². The Morgan fingerprint density at radius 3 is 2.23 bits per heavy atom. The van der Waals surface area contributed by atoms with Gasteiger partial charge >= 0.3 is 0 Å². The molecule has 1 saturated heterocycles. The Balaban J connectivity index is 1.65. The number of hydrogen-bond donors (Lipinski definition) is 0. The van der Waals surface area contributed by atoms with E-state index in [9.17, 15) is 9.59 Å². The summed E-state index contributed by atoms with van der Waals surface area (Å²) in [6.07, 6.45) is 4.85. The van der Waals surface area contributed by atoms with E-state index in [0.29, 0.717) is 22.6 Å². The molecule has 5 rings (SSSR count). The number of anilines is 2. The topological polar surface area (TPSA) is 49.9 Å². The van der Waals surface area contributed by atoms with Crippen LogP contribution in [0.15, 0.2) is 54.6 Å². The molecule has 1 fully saturated rings. The number of methoxy groups -OCH3 is 1. The minimum atomic E-state index is -0.292. The van der Waals surface area contributed by atoms with Crippen LogP contribution in [0.3, 0.4) is 0 Å². The first-order valence-corrected chi connectivity index (χ1v) is 10.5. The summed E-state index contributed by atoms with van der Waals surface area (Å²) < 4.78 is 5.28. The molecule has 0 aromatic heterocycles. The normalized spacial score (nSPS) is 16.7. The average Bonchev–Trinajstić information content (AvgIpc) is 3.07. The van der Waals surface area contributed by atoms with E-state index in [0.717, 1.165) is 29.5 Å². The lowest BCUT2D eigenvalue weighted by atomic mass is 9.92. The van der Waals surface area contributed by atoms with Gasteiger partial charge in [0.1, 0.15) is 5.75 Å². The van der Waals surface area contributed by atoms with E-state index in [2.05, 4.69) is 4.90 Å². The van der Waals surface area contributed by atoms with Crippen LogP contribution in [-0.2, 0) is 0 Å². The number of nitrogens with zero attached hydrogens (tertiary/aromatic N) is 2. The predicted molar refractivity (Wildman–Crippen MR) is 119 cm³/mol. The molecule has 0 bridgehead atoms. The zero-order valence-corrected chi connectivity index (χ0v) is 17.1. The second-order valence-electron chi connectivity index (χ2n) is 7.91. The van der Waals surface area contributed by atoms with Crippen LogP contribution in [-0.4, -0.2) is 32.0 Å². The molecule has 3 aromatic carbocycles. The fraction of sp³-hybridized carbons (Fsp3) is 0.280. The van der Waals surface area contributed by atoms with Gasteiger partial charge < -0.3 is 9.64 Å². The van der Waals surface area contributed by atoms with Crippen molar-refractivity contribution in [1.29, 1.82) is 0 Å². The van der Waals surface area contributed by atoms with Crippen LogP contribution in [0.25, 0.3) is 10.8 Å². The van der Waals surface area contributed by atoms with Crippen molar-refractivity contribution >= 4 is 34.0 Å². The van der Waals surface area contributed by atoms with Gasteiger partial charge in [-0.25, -0.2) is 4.90 Å². The Morgan fingerprint density at radius 1 is 0.800 bits per heavy atom. The Hall–Kier alpha value is -3.34. The highest BCUT2D eigenvalue weighted by Crippen LogP contribution is 2.38. The van der Waals surface area contributed by atoms with Crippen molar-refractivity contribution in [3.05, 3.63) is 65.7 Å². The van der Waals surface area contributed by atoms with Crippen molar-refractivity contribution in [2.45, 2.75) is 25.7 Å². The van der Waals surface area contributed by atoms with Crippen molar-refractivity contribution in [1.82, 2.24) is 0 Å². The van der Waals surface area contributed by atoms with E-state index in [1.54, 1.807) is 31.4 Å². The number of ether oxygens (including phenoxy) is 1. The molecule has 3 aromatic rings. The maximum absolute atomic E-state index is 13.4. The third kappa shape index (κ3) is 2.93. The molecular weight excluding hydrogens is 376 g/mol. The lowest BCUT2D eigenvalue weighted by Crippen LogP contribution is -2.40. The predicted octanol–water partition coefficient (Wildman–Crippen LogP) is 5.03. The molecule has 2 aliphatic rings. The molecule has 5 nitrogen and oxygen atoms in total. The van der Waals surface area contributed by atoms with Gasteiger partial charge in [-0.2, -0.15) is 0 Å². The molecule has 152 valence electrons. The van der Waals surface area contributed by atoms with Gasteiger partial charge in [0.2, 0.25) is 0 Å². The van der Waals surface area contributed by atoms with E-state index in [-0.39, 0.29) is 11.8 Å². The van der Waals surface area contributed by atoms with E-state index < -0.39 is 0 Å². The van der Waals surface area contributed by atoms with Crippen molar-refractivity contribution in [2.24, 2.45) is 0 Å². The summed E-state index contributed by atoms with van der Waals surface area (Å²) in [7, 11) is 1.57. The van der Waals surface area contributed by atoms with Gasteiger partial charge in [0.15, 0.2) is 0 Å². The van der Waals surface area contributed by atoms with Gasteiger partial charge in [-0.05, 0) is 43.2 Å². The van der Waals surface area contributed by atoms with Crippen LogP contribution in [0.4, 0.5) is 11.4 Å². The largest absolute Gasteiger partial charge is 0.497 e. The maximum atomic E-state index is 13.4. The summed E-state index contributed by atoms with van der Waals surface area (Å²) in [6, 6.07) is 16.8. The number of imide groups is 1. The molecule has 0 aliphatic carbocycles. The van der Waals surface area contributed by atoms with Gasteiger partial charge in [0.25, 0.3) is 11.8 Å². The Bertz CT molecular complexity index is 1120. The van der Waals surface area contributed by atoms with Crippen LogP contribution in [0.5, 0.6) is 5.75 Å². The van der Waals surface area contributed by atoms with Gasteiger partial charge in [-0.3, -0.25) is 9.59 Å². The highest BCUT2D eigenvalue weighted by molar-refractivity contribution is 6.36. The molecule has 2 amide bonds. The van der Waals surface area contributed by atoms with E-state index in [1.807, 2.05) is 30.3 Å². The highest BCUT2D eigenvalue weighted by Gasteiger charge is 2.35. The first-order valence-electron chi connectivity index (χ1n) is 10.5. The third-order valence-electron chi connectivity index (χ3n) is 6.14. The number of benzene rings is 3. The van der Waals surface area contributed by atoms with Crippen molar-refractivity contribution < 1.29 is 14.3 Å². The molecule has 5 heteroatoms. The van der Waals surface area contributed by atoms with Crippen LogP contribution in [0.2, 0.25) is 0 Å². The number of rotatable bonds is 3. The first-order chi connectivity index (χ1) is 14.7. The summed E-state index contributed by atoms with van der Waals surface area (Å²) in [4.78, 5) is 30.5. The first kappa shape index (κ1) is 18.7. The number of carbonyl (C=O) groups excluding carboxylic acids is 2. The van der Waals surface area contributed by atoms with Crippen molar-refractivity contribution in [3.8, 4) is 5.75 Å². The molecule has 0 atom stereocenters. The molecule has 2 heterocycles. The monoisotopic (exact) mass is 400 g/mol. The number of carbonyl (C=O) groups is 2. The fourth-order valence-corrected chi connectivity index (χ4v) is 4.65. The Kier molecular flexibility index (Phi) is 4.66. The quantitative estimate of drug-likeness (QED) is 0.579. The highest BCUT2D eigenvalue weighted by atomic mass is 16.5. The van der Waals surface area contributed by atoms with E-state index in [1.165, 1.54) is 30.6 Å². The number of amides is 2. The minimum Gasteiger partial charge on any atom is -0.497 e. The zero-order valence-electron chi connectivity index (χ0n) is 17.1. The summed E-state index contributed by atoms with van der Waals surface area (Å²) >= 11 is 0.